The van der Waals surface area contributed by atoms with Crippen molar-refractivity contribution in [2.24, 2.45) is 4.99 Å². The fraction of sp³-hybridized carbons (Fsp3) is 0.588. The molecule has 0 aliphatic carbocycles. The van der Waals surface area contributed by atoms with Crippen molar-refractivity contribution in [1.29, 1.82) is 0 Å². The maximum absolute atomic E-state index is 6.04. The van der Waals surface area contributed by atoms with Crippen molar-refractivity contribution < 1.29 is 9.47 Å². The van der Waals surface area contributed by atoms with E-state index in [0.717, 1.165) is 49.1 Å². The molecule has 0 radical (unpaired) electrons. The van der Waals surface area contributed by atoms with Gasteiger partial charge in [0.1, 0.15) is 6.10 Å². The summed E-state index contributed by atoms with van der Waals surface area (Å²) in [4.78, 5) is 6.66. The highest BCUT2D eigenvalue weighted by Gasteiger charge is 2.32. The lowest BCUT2D eigenvalue weighted by Gasteiger charge is -2.37. The SMILES string of the molecule is CN=C(NCc1cccc(Cl)c1)N1CCOC(C2CCCO2)C1. The van der Waals surface area contributed by atoms with Gasteiger partial charge in [0.2, 0.25) is 0 Å². The number of morpholine rings is 1. The van der Waals surface area contributed by atoms with Crippen molar-refractivity contribution in [2.75, 3.05) is 33.4 Å². The van der Waals surface area contributed by atoms with Gasteiger partial charge in [-0.3, -0.25) is 4.99 Å². The molecule has 0 aromatic heterocycles. The molecule has 3 rings (SSSR count). The Morgan fingerprint density at radius 3 is 2.96 bits per heavy atom. The Bertz CT molecular complexity index is 546. The van der Waals surface area contributed by atoms with Crippen LogP contribution in [0.3, 0.4) is 0 Å². The fourth-order valence-corrected chi connectivity index (χ4v) is 3.36. The molecule has 1 N–H and O–H groups in total. The molecule has 0 spiro atoms. The molecule has 2 heterocycles. The van der Waals surface area contributed by atoms with Crippen LogP contribution in [0.1, 0.15) is 18.4 Å². The molecule has 2 fully saturated rings. The summed E-state index contributed by atoms with van der Waals surface area (Å²) in [6.07, 6.45) is 2.58. The third-order valence-corrected chi connectivity index (χ3v) is 4.56. The monoisotopic (exact) mass is 337 g/mol. The average Bonchev–Trinajstić information content (AvgIpc) is 3.10. The smallest absolute Gasteiger partial charge is 0.194 e. The lowest BCUT2D eigenvalue weighted by Crippen LogP contribution is -2.53. The van der Waals surface area contributed by atoms with Gasteiger partial charge in [-0.15, -0.1) is 0 Å². The quantitative estimate of drug-likeness (QED) is 0.679. The van der Waals surface area contributed by atoms with Gasteiger partial charge in [0.15, 0.2) is 5.96 Å². The third kappa shape index (κ3) is 4.37. The first-order valence-corrected chi connectivity index (χ1v) is 8.57. The summed E-state index contributed by atoms with van der Waals surface area (Å²) in [5.74, 6) is 0.899. The highest BCUT2D eigenvalue weighted by Crippen LogP contribution is 2.21. The van der Waals surface area contributed by atoms with E-state index in [4.69, 9.17) is 21.1 Å². The first kappa shape index (κ1) is 16.6. The molecule has 5 nitrogen and oxygen atoms in total. The Balaban J connectivity index is 1.57. The average molecular weight is 338 g/mol. The second kappa shape index (κ2) is 7.99. The van der Waals surface area contributed by atoms with E-state index in [1.54, 1.807) is 0 Å². The number of hydrogen-bond donors (Lipinski definition) is 1. The number of nitrogens with one attached hydrogen (secondary N) is 1. The Hall–Kier alpha value is -1.30. The molecule has 2 saturated heterocycles. The Kier molecular flexibility index (Phi) is 5.75. The second-order valence-electron chi connectivity index (χ2n) is 5.94. The van der Waals surface area contributed by atoms with Gasteiger partial charge < -0.3 is 19.7 Å². The predicted molar refractivity (Wildman–Crippen MR) is 91.9 cm³/mol. The zero-order valence-corrected chi connectivity index (χ0v) is 14.3. The van der Waals surface area contributed by atoms with E-state index in [9.17, 15) is 0 Å². The normalized spacial score (nSPS) is 25.7. The first-order chi connectivity index (χ1) is 11.3. The molecular weight excluding hydrogens is 314 g/mol. The van der Waals surface area contributed by atoms with Crippen LogP contribution in [-0.2, 0) is 16.0 Å². The van der Waals surface area contributed by atoms with Gasteiger partial charge in [-0.25, -0.2) is 0 Å². The fourth-order valence-electron chi connectivity index (χ4n) is 3.15. The summed E-state index contributed by atoms with van der Waals surface area (Å²) in [6, 6.07) is 7.87. The number of halogens is 1. The summed E-state index contributed by atoms with van der Waals surface area (Å²) in [6.45, 7) is 3.93. The highest BCUT2D eigenvalue weighted by atomic mass is 35.5. The van der Waals surface area contributed by atoms with E-state index < -0.39 is 0 Å². The van der Waals surface area contributed by atoms with Crippen molar-refractivity contribution in [3.63, 3.8) is 0 Å². The van der Waals surface area contributed by atoms with Crippen LogP contribution < -0.4 is 5.32 Å². The highest BCUT2D eigenvalue weighted by molar-refractivity contribution is 6.30. The van der Waals surface area contributed by atoms with Gasteiger partial charge in [-0.1, -0.05) is 23.7 Å². The van der Waals surface area contributed by atoms with Crippen molar-refractivity contribution in [3.05, 3.63) is 34.9 Å². The van der Waals surface area contributed by atoms with Gasteiger partial charge in [0, 0.05) is 38.3 Å². The van der Waals surface area contributed by atoms with Crippen molar-refractivity contribution in [3.8, 4) is 0 Å². The molecule has 126 valence electrons. The Morgan fingerprint density at radius 2 is 2.22 bits per heavy atom. The molecule has 0 amide bonds. The van der Waals surface area contributed by atoms with E-state index in [0.29, 0.717) is 13.2 Å². The number of nitrogens with zero attached hydrogens (tertiary/aromatic N) is 2. The third-order valence-electron chi connectivity index (χ3n) is 4.32. The number of benzene rings is 1. The van der Waals surface area contributed by atoms with E-state index in [1.165, 1.54) is 0 Å². The van der Waals surface area contributed by atoms with Crippen LogP contribution in [0.4, 0.5) is 0 Å². The van der Waals surface area contributed by atoms with E-state index >= 15 is 0 Å². The van der Waals surface area contributed by atoms with Crippen molar-refractivity contribution >= 4 is 17.6 Å². The molecule has 2 unspecified atom stereocenters. The molecule has 2 atom stereocenters. The summed E-state index contributed by atoms with van der Waals surface area (Å²) < 4.78 is 11.7. The van der Waals surface area contributed by atoms with Crippen LogP contribution in [0.25, 0.3) is 0 Å². The zero-order chi connectivity index (χ0) is 16.1. The maximum atomic E-state index is 6.04. The number of rotatable bonds is 3. The van der Waals surface area contributed by atoms with Gasteiger partial charge in [-0.05, 0) is 30.5 Å². The van der Waals surface area contributed by atoms with Crippen LogP contribution in [0, 0.1) is 0 Å². The van der Waals surface area contributed by atoms with E-state index in [-0.39, 0.29) is 12.2 Å². The van der Waals surface area contributed by atoms with E-state index in [2.05, 4.69) is 21.3 Å². The van der Waals surface area contributed by atoms with E-state index in [1.807, 2.05) is 25.2 Å². The van der Waals surface area contributed by atoms with Crippen LogP contribution in [0.2, 0.25) is 5.02 Å². The van der Waals surface area contributed by atoms with Gasteiger partial charge in [-0.2, -0.15) is 0 Å². The molecule has 1 aromatic rings. The second-order valence-corrected chi connectivity index (χ2v) is 6.37. The minimum absolute atomic E-state index is 0.135. The Labute approximate surface area is 142 Å². The molecule has 2 aliphatic heterocycles. The molecule has 6 heteroatoms. The number of guanidine groups is 1. The molecule has 23 heavy (non-hydrogen) atoms. The Morgan fingerprint density at radius 1 is 1.35 bits per heavy atom. The predicted octanol–water partition coefficient (Wildman–Crippen LogP) is 2.30. The van der Waals surface area contributed by atoms with Crippen LogP contribution in [0.5, 0.6) is 0 Å². The summed E-state index contributed by atoms with van der Waals surface area (Å²) in [5.41, 5.74) is 1.14. The molecular formula is C17H24ClN3O2. The lowest BCUT2D eigenvalue weighted by molar-refractivity contribution is -0.0817. The van der Waals surface area contributed by atoms with Crippen LogP contribution >= 0.6 is 11.6 Å². The minimum atomic E-state index is 0.135. The molecule has 2 aliphatic rings. The van der Waals surface area contributed by atoms with Crippen molar-refractivity contribution in [1.82, 2.24) is 10.2 Å². The zero-order valence-electron chi connectivity index (χ0n) is 13.5. The summed E-state index contributed by atoms with van der Waals surface area (Å²) in [5, 5.41) is 4.17. The standard InChI is InChI=1S/C17H24ClN3O2/c1-19-17(20-11-13-4-2-5-14(18)10-13)21-7-9-23-16(12-21)15-6-3-8-22-15/h2,4-5,10,15-16H,3,6-9,11-12H2,1H3,(H,19,20). The van der Waals surface area contributed by atoms with Crippen LogP contribution in [0.15, 0.2) is 29.3 Å². The van der Waals surface area contributed by atoms with Gasteiger partial charge >= 0.3 is 0 Å². The first-order valence-electron chi connectivity index (χ1n) is 8.19. The number of hydrogen-bond acceptors (Lipinski definition) is 3. The molecule has 1 aromatic carbocycles. The van der Waals surface area contributed by atoms with Gasteiger partial charge in [0.25, 0.3) is 0 Å². The topological polar surface area (TPSA) is 46.1 Å². The maximum Gasteiger partial charge on any atom is 0.194 e. The summed E-state index contributed by atoms with van der Waals surface area (Å²) in [7, 11) is 1.82. The molecule has 0 saturated carbocycles. The van der Waals surface area contributed by atoms with Crippen LogP contribution in [-0.4, -0.2) is 56.4 Å². The lowest BCUT2D eigenvalue weighted by atomic mass is 10.1. The number of ether oxygens (including phenoxy) is 2. The summed E-state index contributed by atoms with van der Waals surface area (Å²) >= 11 is 6.04. The minimum Gasteiger partial charge on any atom is -0.375 e. The van der Waals surface area contributed by atoms with Gasteiger partial charge in [0.05, 0.1) is 12.7 Å². The largest absolute Gasteiger partial charge is 0.375 e. The number of aliphatic imine (C=N–C) groups is 1. The molecule has 0 bridgehead atoms. The van der Waals surface area contributed by atoms with Crippen molar-refractivity contribution in [2.45, 2.75) is 31.6 Å².